The van der Waals surface area contributed by atoms with Crippen molar-refractivity contribution in [2.75, 3.05) is 30.3 Å². The van der Waals surface area contributed by atoms with E-state index < -0.39 is 11.3 Å². The third-order valence-corrected chi connectivity index (χ3v) is 5.82. The highest BCUT2D eigenvalue weighted by Gasteiger charge is 2.32. The van der Waals surface area contributed by atoms with E-state index in [0.717, 1.165) is 44.8 Å². The third kappa shape index (κ3) is 8.51. The number of nitrogens with one attached hydrogen (secondary N) is 3. The molecule has 192 valence electrons. The summed E-state index contributed by atoms with van der Waals surface area (Å²) in [6.45, 7) is 2.02. The molecule has 0 bridgehead atoms. The highest BCUT2D eigenvalue weighted by Crippen LogP contribution is 2.29. The average molecular weight is 498 g/mol. The van der Waals surface area contributed by atoms with Gasteiger partial charge < -0.3 is 26.4 Å². The Morgan fingerprint density at radius 1 is 1.17 bits per heavy atom. The van der Waals surface area contributed by atoms with Crippen LogP contribution in [-0.2, 0) is 6.54 Å². The number of anilines is 2. The van der Waals surface area contributed by atoms with Gasteiger partial charge in [-0.1, -0.05) is 18.2 Å². The van der Waals surface area contributed by atoms with Crippen LogP contribution in [0.15, 0.2) is 30.5 Å². The Morgan fingerprint density at radius 2 is 1.91 bits per heavy atom. The van der Waals surface area contributed by atoms with Crippen LogP contribution in [0, 0.1) is 16.0 Å². The number of halogens is 3. The zero-order chi connectivity index (χ0) is 25.3. The van der Waals surface area contributed by atoms with Gasteiger partial charge in [0.2, 0.25) is 11.8 Å². The van der Waals surface area contributed by atoms with Gasteiger partial charge in [-0.2, -0.15) is 4.98 Å². The molecule has 2 aromatic rings. The number of alkyl halides is 3. The monoisotopic (exact) mass is 497 g/mol. The Balaban J connectivity index is 1.59. The quantitative estimate of drug-likeness (QED) is 0.196. The normalized spacial score (nSPS) is 18.2. The van der Waals surface area contributed by atoms with Crippen LogP contribution in [0.1, 0.15) is 37.7 Å². The van der Waals surface area contributed by atoms with Gasteiger partial charge in [-0.3, -0.25) is 10.1 Å². The van der Waals surface area contributed by atoms with Gasteiger partial charge in [0.1, 0.15) is 11.9 Å². The molecule has 0 aliphatic heterocycles. The van der Waals surface area contributed by atoms with Gasteiger partial charge in [-0.15, -0.1) is 13.2 Å². The van der Waals surface area contributed by atoms with Crippen molar-refractivity contribution in [2.45, 2.75) is 51.1 Å². The van der Waals surface area contributed by atoms with Crippen molar-refractivity contribution >= 4 is 17.5 Å². The lowest BCUT2D eigenvalue weighted by Crippen LogP contribution is -2.35. The van der Waals surface area contributed by atoms with Crippen molar-refractivity contribution in [1.29, 1.82) is 0 Å². The standard InChI is InChI=1S/C22H30F3N7O3/c23-22(24,25)35-19-5-2-1-4-16(19)13-29-21-30-14-18(32(33)34)20(31-21)28-12-15-6-8-17(9-7-15)27-11-3-10-26/h1-2,4-5,14-15,17,27H,3,6-13,26H2,(H2,28,29,30,31). The van der Waals surface area contributed by atoms with Gasteiger partial charge in [0.25, 0.3) is 0 Å². The molecule has 1 aliphatic rings. The molecule has 0 saturated heterocycles. The Kier molecular flexibility index (Phi) is 9.43. The zero-order valence-electron chi connectivity index (χ0n) is 19.2. The van der Waals surface area contributed by atoms with Gasteiger partial charge in [-0.05, 0) is 57.2 Å². The van der Waals surface area contributed by atoms with Crippen LogP contribution in [0.5, 0.6) is 5.75 Å². The van der Waals surface area contributed by atoms with Crippen molar-refractivity contribution < 1.29 is 22.8 Å². The van der Waals surface area contributed by atoms with Crippen LogP contribution in [0.4, 0.5) is 30.6 Å². The number of nitro groups is 1. The van der Waals surface area contributed by atoms with Gasteiger partial charge in [-0.25, -0.2) is 4.98 Å². The first-order chi connectivity index (χ1) is 16.7. The van der Waals surface area contributed by atoms with Crippen molar-refractivity contribution in [2.24, 2.45) is 11.7 Å². The van der Waals surface area contributed by atoms with E-state index in [2.05, 4.69) is 30.7 Å². The molecule has 5 N–H and O–H groups in total. The number of rotatable bonds is 12. The number of ether oxygens (including phenoxy) is 1. The lowest BCUT2D eigenvalue weighted by atomic mass is 9.86. The van der Waals surface area contributed by atoms with Crippen LogP contribution in [0.25, 0.3) is 0 Å². The summed E-state index contributed by atoms with van der Waals surface area (Å²) in [6, 6.07) is 6.15. The second-order valence-electron chi connectivity index (χ2n) is 8.39. The Bertz CT molecular complexity index is 970. The Labute approximate surface area is 201 Å². The summed E-state index contributed by atoms with van der Waals surface area (Å²) in [4.78, 5) is 19.0. The van der Waals surface area contributed by atoms with Crippen LogP contribution >= 0.6 is 0 Å². The van der Waals surface area contributed by atoms with Crippen molar-refractivity contribution in [1.82, 2.24) is 15.3 Å². The molecule has 1 heterocycles. The van der Waals surface area contributed by atoms with E-state index in [9.17, 15) is 23.3 Å². The maximum absolute atomic E-state index is 12.6. The number of para-hydroxylation sites is 1. The number of nitrogens with zero attached hydrogens (tertiary/aromatic N) is 3. The largest absolute Gasteiger partial charge is 0.573 e. The Morgan fingerprint density at radius 3 is 2.60 bits per heavy atom. The summed E-state index contributed by atoms with van der Waals surface area (Å²) in [5.74, 6) is 0.115. The van der Waals surface area contributed by atoms with E-state index in [0.29, 0.717) is 25.0 Å². The molecule has 0 unspecified atom stereocenters. The zero-order valence-corrected chi connectivity index (χ0v) is 19.2. The van der Waals surface area contributed by atoms with E-state index in [4.69, 9.17) is 5.73 Å². The fourth-order valence-electron chi connectivity index (χ4n) is 3.99. The molecule has 0 spiro atoms. The number of nitrogens with two attached hydrogens (primary N) is 1. The van der Waals surface area contributed by atoms with Gasteiger partial charge in [0.15, 0.2) is 0 Å². The minimum Gasteiger partial charge on any atom is -0.405 e. The van der Waals surface area contributed by atoms with E-state index >= 15 is 0 Å². The van der Waals surface area contributed by atoms with Crippen molar-refractivity contribution in [3.63, 3.8) is 0 Å². The molecule has 1 fully saturated rings. The van der Waals surface area contributed by atoms with Gasteiger partial charge >= 0.3 is 12.0 Å². The highest BCUT2D eigenvalue weighted by molar-refractivity contribution is 5.57. The molecule has 1 aromatic carbocycles. The summed E-state index contributed by atoms with van der Waals surface area (Å²) >= 11 is 0. The highest BCUT2D eigenvalue weighted by atomic mass is 19.4. The molecule has 10 nitrogen and oxygen atoms in total. The summed E-state index contributed by atoms with van der Waals surface area (Å²) in [5, 5.41) is 20.8. The second-order valence-corrected chi connectivity index (χ2v) is 8.39. The van der Waals surface area contributed by atoms with Crippen LogP contribution in [-0.4, -0.2) is 46.9 Å². The van der Waals surface area contributed by atoms with E-state index in [1.54, 1.807) is 6.07 Å². The SMILES string of the molecule is NCCCNC1CCC(CNc2nc(NCc3ccccc3OC(F)(F)F)ncc2[N+](=O)[O-])CC1. The maximum Gasteiger partial charge on any atom is 0.573 e. The van der Waals surface area contributed by atoms with Crippen molar-refractivity contribution in [3.8, 4) is 5.75 Å². The van der Waals surface area contributed by atoms with Gasteiger partial charge in [0, 0.05) is 24.7 Å². The fraction of sp³-hybridized carbons (Fsp3) is 0.545. The molecule has 0 radical (unpaired) electrons. The molecule has 0 atom stereocenters. The summed E-state index contributed by atoms with van der Waals surface area (Å²) < 4.78 is 42.0. The molecule has 1 aromatic heterocycles. The number of hydrogen-bond donors (Lipinski definition) is 4. The molecular formula is C22H30F3N7O3. The first-order valence-corrected chi connectivity index (χ1v) is 11.5. The molecule has 3 rings (SSSR count). The smallest absolute Gasteiger partial charge is 0.405 e. The van der Waals surface area contributed by atoms with Crippen LogP contribution < -0.4 is 26.4 Å². The average Bonchev–Trinajstić information content (AvgIpc) is 2.82. The lowest BCUT2D eigenvalue weighted by Gasteiger charge is -2.29. The number of aromatic nitrogens is 2. The summed E-state index contributed by atoms with van der Waals surface area (Å²) in [7, 11) is 0. The van der Waals surface area contributed by atoms with Crippen LogP contribution in [0.2, 0.25) is 0 Å². The molecular weight excluding hydrogens is 467 g/mol. The molecule has 1 aliphatic carbocycles. The first kappa shape index (κ1) is 26.4. The summed E-state index contributed by atoms with van der Waals surface area (Å²) in [5.41, 5.74) is 5.49. The fourth-order valence-corrected chi connectivity index (χ4v) is 3.99. The molecule has 1 saturated carbocycles. The predicted molar refractivity (Wildman–Crippen MR) is 125 cm³/mol. The van der Waals surface area contributed by atoms with Crippen LogP contribution in [0.3, 0.4) is 0 Å². The second kappa shape index (κ2) is 12.5. The topological polar surface area (TPSA) is 140 Å². The van der Waals surface area contributed by atoms with E-state index in [1.807, 2.05) is 0 Å². The van der Waals surface area contributed by atoms with E-state index in [-0.39, 0.29) is 35.3 Å². The minimum absolute atomic E-state index is 0.0488. The predicted octanol–water partition coefficient (Wildman–Crippen LogP) is 3.80. The number of benzene rings is 1. The minimum atomic E-state index is -4.82. The lowest BCUT2D eigenvalue weighted by molar-refractivity contribution is -0.384. The van der Waals surface area contributed by atoms with Crippen molar-refractivity contribution in [3.05, 3.63) is 46.1 Å². The summed E-state index contributed by atoms with van der Waals surface area (Å²) in [6.07, 6.45) is 1.20. The molecule has 35 heavy (non-hydrogen) atoms. The van der Waals surface area contributed by atoms with E-state index in [1.165, 1.54) is 18.2 Å². The molecule has 0 amide bonds. The molecule has 13 heteroatoms. The van der Waals surface area contributed by atoms with Gasteiger partial charge in [0.05, 0.1) is 4.92 Å². The third-order valence-electron chi connectivity index (χ3n) is 5.82. The Hall–Kier alpha value is -3.19. The maximum atomic E-state index is 12.6. The first-order valence-electron chi connectivity index (χ1n) is 11.5. The number of hydrogen-bond acceptors (Lipinski definition) is 9.